The lowest BCUT2D eigenvalue weighted by Crippen LogP contribution is -2.50. The Hall–Kier alpha value is -3.48. The Morgan fingerprint density at radius 1 is 0.735 bits per heavy atom. The van der Waals surface area contributed by atoms with E-state index in [9.17, 15) is 39.0 Å². The van der Waals surface area contributed by atoms with Gasteiger partial charge in [-0.2, -0.15) is 0 Å². The summed E-state index contributed by atoms with van der Waals surface area (Å²) in [7, 11) is 0. The van der Waals surface area contributed by atoms with Crippen molar-refractivity contribution >= 4 is 35.8 Å². The van der Waals surface area contributed by atoms with Gasteiger partial charge in [0.15, 0.2) is 5.60 Å². The summed E-state index contributed by atoms with van der Waals surface area (Å²) in [6.45, 7) is 6.97. The monoisotopic (exact) mass is 490 g/mol. The SMILES string of the molecule is C=CCOC(=O)CC(O)(CC(=O)OC(CC(=O)OCC)(CC(=O)OCC)C(=O)OCC)C(=O)O. The first-order chi connectivity index (χ1) is 15.9. The van der Waals surface area contributed by atoms with E-state index in [1.165, 1.54) is 26.8 Å². The summed E-state index contributed by atoms with van der Waals surface area (Å²) < 4.78 is 24.1. The molecule has 0 fully saturated rings. The van der Waals surface area contributed by atoms with Gasteiger partial charge in [-0.3, -0.25) is 19.2 Å². The van der Waals surface area contributed by atoms with Crippen molar-refractivity contribution in [1.82, 2.24) is 0 Å². The van der Waals surface area contributed by atoms with E-state index in [4.69, 9.17) is 18.9 Å². The molecule has 0 aromatic carbocycles. The van der Waals surface area contributed by atoms with E-state index in [2.05, 4.69) is 11.3 Å². The highest BCUT2D eigenvalue weighted by Crippen LogP contribution is 2.28. The maximum absolute atomic E-state index is 12.7. The van der Waals surface area contributed by atoms with Gasteiger partial charge in [0, 0.05) is 0 Å². The number of carboxylic acid groups (broad SMARTS) is 1. The molecule has 0 aromatic rings. The maximum Gasteiger partial charge on any atom is 0.351 e. The van der Waals surface area contributed by atoms with Gasteiger partial charge in [0.05, 0.1) is 45.5 Å². The van der Waals surface area contributed by atoms with Crippen molar-refractivity contribution in [2.45, 2.75) is 57.7 Å². The van der Waals surface area contributed by atoms with Gasteiger partial charge in [0.25, 0.3) is 0 Å². The van der Waals surface area contributed by atoms with Crippen molar-refractivity contribution in [3.05, 3.63) is 12.7 Å². The van der Waals surface area contributed by atoms with Crippen LogP contribution in [0, 0.1) is 0 Å². The van der Waals surface area contributed by atoms with E-state index in [-0.39, 0.29) is 26.4 Å². The second-order valence-corrected chi connectivity index (χ2v) is 6.81. The van der Waals surface area contributed by atoms with Crippen molar-refractivity contribution in [2.75, 3.05) is 26.4 Å². The van der Waals surface area contributed by atoms with E-state index in [1.54, 1.807) is 0 Å². The van der Waals surface area contributed by atoms with Gasteiger partial charge in [-0.05, 0) is 20.8 Å². The molecular formula is C21H30O13. The van der Waals surface area contributed by atoms with Crippen molar-refractivity contribution in [1.29, 1.82) is 0 Å². The number of carbonyl (C=O) groups is 6. The van der Waals surface area contributed by atoms with Crippen LogP contribution in [0.2, 0.25) is 0 Å². The smallest absolute Gasteiger partial charge is 0.351 e. The van der Waals surface area contributed by atoms with Crippen molar-refractivity contribution in [3.63, 3.8) is 0 Å². The zero-order valence-corrected chi connectivity index (χ0v) is 19.3. The summed E-state index contributed by atoms with van der Waals surface area (Å²) in [5.41, 5.74) is -5.56. The van der Waals surface area contributed by atoms with Crippen molar-refractivity contribution < 1.29 is 62.7 Å². The minimum atomic E-state index is -2.98. The molecule has 192 valence electrons. The Labute approximate surface area is 195 Å². The zero-order chi connectivity index (χ0) is 26.4. The molecule has 34 heavy (non-hydrogen) atoms. The molecule has 0 rings (SSSR count). The van der Waals surface area contributed by atoms with Crippen LogP contribution in [-0.2, 0) is 52.5 Å². The Balaban J connectivity index is 6.04. The molecule has 0 saturated carbocycles. The zero-order valence-electron chi connectivity index (χ0n) is 19.3. The molecule has 0 heterocycles. The Kier molecular flexibility index (Phi) is 13.1. The fourth-order valence-electron chi connectivity index (χ4n) is 2.62. The number of aliphatic carboxylic acids is 1. The summed E-state index contributed by atoms with van der Waals surface area (Å²) in [4.78, 5) is 73.0. The molecule has 0 aliphatic heterocycles. The third-order valence-corrected chi connectivity index (χ3v) is 4.06. The van der Waals surface area contributed by atoms with Crippen LogP contribution >= 0.6 is 0 Å². The first-order valence-corrected chi connectivity index (χ1v) is 10.3. The van der Waals surface area contributed by atoms with Gasteiger partial charge in [-0.1, -0.05) is 12.7 Å². The normalized spacial score (nSPS) is 12.5. The summed E-state index contributed by atoms with van der Waals surface area (Å²) in [6, 6.07) is 0. The number of hydrogen-bond acceptors (Lipinski definition) is 12. The average Bonchev–Trinajstić information content (AvgIpc) is 2.72. The highest BCUT2D eigenvalue weighted by molar-refractivity contribution is 5.94. The first kappa shape index (κ1) is 30.5. The lowest BCUT2D eigenvalue weighted by atomic mass is 9.93. The Morgan fingerprint density at radius 3 is 1.59 bits per heavy atom. The second kappa shape index (κ2) is 14.6. The number of carboxylic acids is 1. The quantitative estimate of drug-likeness (QED) is 0.168. The number of hydrogen-bond donors (Lipinski definition) is 2. The molecule has 0 aliphatic carbocycles. The van der Waals surface area contributed by atoms with Crippen LogP contribution in [0.5, 0.6) is 0 Å². The first-order valence-electron chi connectivity index (χ1n) is 10.3. The fourth-order valence-corrected chi connectivity index (χ4v) is 2.62. The second-order valence-electron chi connectivity index (χ2n) is 6.81. The summed E-state index contributed by atoms with van der Waals surface area (Å²) >= 11 is 0. The van der Waals surface area contributed by atoms with E-state index in [0.29, 0.717) is 0 Å². The van der Waals surface area contributed by atoms with E-state index >= 15 is 0 Å². The fraction of sp³-hybridized carbons (Fsp3) is 0.619. The predicted molar refractivity (Wildman–Crippen MR) is 111 cm³/mol. The molecule has 13 nitrogen and oxygen atoms in total. The van der Waals surface area contributed by atoms with Gasteiger partial charge in [-0.25, -0.2) is 9.59 Å². The Morgan fingerprint density at radius 2 is 1.18 bits per heavy atom. The lowest BCUT2D eigenvalue weighted by molar-refractivity contribution is -0.195. The highest BCUT2D eigenvalue weighted by Gasteiger charge is 2.51. The van der Waals surface area contributed by atoms with Crippen LogP contribution < -0.4 is 0 Å². The summed E-state index contributed by atoms with van der Waals surface area (Å²) in [6.07, 6.45) is -3.20. The molecule has 0 aliphatic rings. The van der Waals surface area contributed by atoms with Crippen LogP contribution in [-0.4, -0.2) is 83.7 Å². The van der Waals surface area contributed by atoms with E-state index < -0.39 is 72.7 Å². The van der Waals surface area contributed by atoms with Crippen LogP contribution in [0.3, 0.4) is 0 Å². The molecule has 1 unspecified atom stereocenters. The van der Waals surface area contributed by atoms with Crippen molar-refractivity contribution in [3.8, 4) is 0 Å². The van der Waals surface area contributed by atoms with Crippen LogP contribution in [0.4, 0.5) is 0 Å². The van der Waals surface area contributed by atoms with Gasteiger partial charge in [0.2, 0.25) is 5.60 Å². The highest BCUT2D eigenvalue weighted by atomic mass is 16.6. The van der Waals surface area contributed by atoms with Crippen LogP contribution in [0.25, 0.3) is 0 Å². The van der Waals surface area contributed by atoms with Gasteiger partial charge < -0.3 is 33.9 Å². The number of carbonyl (C=O) groups excluding carboxylic acids is 5. The number of rotatable bonds is 16. The number of ether oxygens (including phenoxy) is 5. The summed E-state index contributed by atoms with van der Waals surface area (Å²) in [5.74, 6) is -8.01. The van der Waals surface area contributed by atoms with Crippen LogP contribution in [0.1, 0.15) is 46.5 Å². The van der Waals surface area contributed by atoms with E-state index in [1.807, 2.05) is 0 Å². The van der Waals surface area contributed by atoms with Crippen molar-refractivity contribution in [2.24, 2.45) is 0 Å². The molecule has 2 N–H and O–H groups in total. The molecule has 0 radical (unpaired) electrons. The molecule has 0 spiro atoms. The molecule has 13 heteroatoms. The molecule has 0 bridgehead atoms. The van der Waals surface area contributed by atoms with Gasteiger partial charge >= 0.3 is 35.8 Å². The Bertz CT molecular complexity index is 753. The third-order valence-electron chi connectivity index (χ3n) is 4.06. The maximum atomic E-state index is 12.7. The predicted octanol–water partition coefficient (Wildman–Crippen LogP) is 0.0630. The third kappa shape index (κ3) is 9.98. The molecule has 0 amide bonds. The van der Waals surface area contributed by atoms with E-state index in [0.717, 1.165) is 0 Å². The van der Waals surface area contributed by atoms with Gasteiger partial charge in [-0.15, -0.1) is 0 Å². The average molecular weight is 490 g/mol. The number of aliphatic hydroxyl groups is 1. The minimum absolute atomic E-state index is 0.101. The standard InChI is InChI=1S/C21H30O13/c1-5-9-33-14(22)10-20(29,18(26)27)11-17(25)34-21(19(28)32-8-4,12-15(23)30-6-2)13-16(24)31-7-3/h5,29H,1,6-13H2,2-4H3,(H,26,27). The summed E-state index contributed by atoms with van der Waals surface area (Å²) in [5, 5.41) is 19.7. The van der Waals surface area contributed by atoms with Crippen LogP contribution in [0.15, 0.2) is 12.7 Å². The van der Waals surface area contributed by atoms with Gasteiger partial charge in [0.1, 0.15) is 6.61 Å². The topological polar surface area (TPSA) is 189 Å². The minimum Gasteiger partial charge on any atom is -0.479 e. The molecular weight excluding hydrogens is 460 g/mol. The largest absolute Gasteiger partial charge is 0.479 e. The lowest BCUT2D eigenvalue weighted by Gasteiger charge is -2.31. The molecule has 0 saturated heterocycles. The molecule has 0 aromatic heterocycles. The molecule has 1 atom stereocenters. The number of esters is 5.